The van der Waals surface area contributed by atoms with Crippen molar-refractivity contribution in [1.29, 1.82) is 0 Å². The highest BCUT2D eigenvalue weighted by atomic mass is 15.3. The molecule has 1 heterocycles. The minimum absolute atomic E-state index is 0.484. The molecule has 2 aliphatic rings. The van der Waals surface area contributed by atoms with Gasteiger partial charge in [0.1, 0.15) is 0 Å². The van der Waals surface area contributed by atoms with Crippen LogP contribution in [-0.4, -0.2) is 54.6 Å². The van der Waals surface area contributed by atoms with Crippen LogP contribution in [0.2, 0.25) is 0 Å². The summed E-state index contributed by atoms with van der Waals surface area (Å²) in [4.78, 5) is 5.31. The summed E-state index contributed by atoms with van der Waals surface area (Å²) in [6, 6.07) is 1.32. The van der Waals surface area contributed by atoms with Crippen molar-refractivity contribution in [1.82, 2.24) is 9.80 Å². The van der Waals surface area contributed by atoms with E-state index in [0.717, 1.165) is 6.04 Å². The molecule has 1 aliphatic carbocycles. The minimum atomic E-state index is 0.484. The van der Waals surface area contributed by atoms with Crippen LogP contribution in [0.15, 0.2) is 0 Å². The van der Waals surface area contributed by atoms with E-state index in [9.17, 15) is 0 Å². The quantitative estimate of drug-likeness (QED) is 0.785. The zero-order valence-corrected chi connectivity index (χ0v) is 10.7. The van der Waals surface area contributed by atoms with E-state index in [0.29, 0.717) is 6.04 Å². The lowest BCUT2D eigenvalue weighted by Crippen LogP contribution is -2.51. The summed E-state index contributed by atoms with van der Waals surface area (Å²) in [6.07, 6.45) is 6.42. The predicted octanol–water partition coefficient (Wildman–Crippen LogP) is 1.28. The summed E-state index contributed by atoms with van der Waals surface area (Å²) in [5.74, 6) is 0. The first kappa shape index (κ1) is 12.3. The maximum absolute atomic E-state index is 5.96. The van der Waals surface area contributed by atoms with Crippen molar-refractivity contribution in [3.63, 3.8) is 0 Å². The Hall–Kier alpha value is -0.120. The molecule has 0 aromatic carbocycles. The number of nitrogens with zero attached hydrogens (tertiary/aromatic N) is 2. The van der Waals surface area contributed by atoms with Gasteiger partial charge in [-0.1, -0.05) is 6.92 Å². The topological polar surface area (TPSA) is 32.5 Å². The van der Waals surface area contributed by atoms with Gasteiger partial charge in [-0.25, -0.2) is 0 Å². The zero-order chi connectivity index (χ0) is 11.4. The maximum atomic E-state index is 5.96. The Morgan fingerprint density at radius 2 is 1.62 bits per heavy atom. The van der Waals surface area contributed by atoms with Crippen LogP contribution in [-0.2, 0) is 0 Å². The summed E-state index contributed by atoms with van der Waals surface area (Å²) in [5.41, 5.74) is 5.96. The van der Waals surface area contributed by atoms with Gasteiger partial charge in [0.25, 0.3) is 0 Å². The lowest BCUT2D eigenvalue weighted by Gasteiger charge is -2.41. The van der Waals surface area contributed by atoms with E-state index in [1.807, 2.05) is 0 Å². The number of hydrogen-bond acceptors (Lipinski definition) is 3. The van der Waals surface area contributed by atoms with Crippen LogP contribution in [0.5, 0.6) is 0 Å². The summed E-state index contributed by atoms with van der Waals surface area (Å²) < 4.78 is 0. The van der Waals surface area contributed by atoms with E-state index in [1.165, 1.54) is 64.8 Å². The molecule has 3 nitrogen and oxygen atoms in total. The van der Waals surface area contributed by atoms with Crippen LogP contribution in [0.1, 0.15) is 39.0 Å². The number of hydrogen-bond donors (Lipinski definition) is 1. The van der Waals surface area contributed by atoms with Gasteiger partial charge in [0.2, 0.25) is 0 Å². The van der Waals surface area contributed by atoms with Gasteiger partial charge in [0.05, 0.1) is 0 Å². The molecule has 2 rings (SSSR count). The summed E-state index contributed by atoms with van der Waals surface area (Å²) in [7, 11) is 0. The Labute approximate surface area is 100.0 Å². The molecule has 94 valence electrons. The second-order valence-electron chi connectivity index (χ2n) is 5.45. The average molecular weight is 225 g/mol. The fraction of sp³-hybridized carbons (Fsp3) is 1.00. The first-order chi connectivity index (χ1) is 7.79. The van der Waals surface area contributed by atoms with Crippen LogP contribution >= 0.6 is 0 Å². The molecule has 0 unspecified atom stereocenters. The van der Waals surface area contributed by atoms with Crippen molar-refractivity contribution >= 4 is 0 Å². The van der Waals surface area contributed by atoms with Crippen molar-refractivity contribution in [2.24, 2.45) is 5.73 Å². The Balaban J connectivity index is 1.72. The Kier molecular flexibility index (Phi) is 4.62. The molecule has 0 aromatic heterocycles. The number of rotatable bonds is 3. The Morgan fingerprint density at radius 3 is 2.19 bits per heavy atom. The molecule has 0 spiro atoms. The molecule has 0 amide bonds. The molecule has 2 fully saturated rings. The zero-order valence-electron chi connectivity index (χ0n) is 10.7. The third kappa shape index (κ3) is 3.19. The molecule has 1 saturated carbocycles. The maximum Gasteiger partial charge on any atom is 0.0113 e. The number of piperazine rings is 1. The first-order valence-corrected chi connectivity index (χ1v) is 7.01. The van der Waals surface area contributed by atoms with Crippen molar-refractivity contribution in [2.45, 2.75) is 51.1 Å². The van der Waals surface area contributed by atoms with Gasteiger partial charge in [0.15, 0.2) is 0 Å². The van der Waals surface area contributed by atoms with Gasteiger partial charge >= 0.3 is 0 Å². The summed E-state index contributed by atoms with van der Waals surface area (Å²) in [6.45, 7) is 8.66. The summed E-state index contributed by atoms with van der Waals surface area (Å²) in [5, 5.41) is 0. The molecule has 0 radical (unpaired) electrons. The molecule has 0 atom stereocenters. The highest BCUT2D eigenvalue weighted by Gasteiger charge is 2.26. The lowest BCUT2D eigenvalue weighted by atomic mass is 9.90. The van der Waals surface area contributed by atoms with Gasteiger partial charge in [-0.15, -0.1) is 0 Å². The lowest BCUT2D eigenvalue weighted by molar-refractivity contribution is 0.0765. The Morgan fingerprint density at radius 1 is 1.00 bits per heavy atom. The smallest absolute Gasteiger partial charge is 0.0113 e. The third-order valence-electron chi connectivity index (χ3n) is 4.20. The number of nitrogens with two attached hydrogens (primary N) is 1. The van der Waals surface area contributed by atoms with Gasteiger partial charge in [-0.05, 0) is 38.6 Å². The molecule has 0 bridgehead atoms. The molecule has 2 N–H and O–H groups in total. The minimum Gasteiger partial charge on any atom is -0.328 e. The van der Waals surface area contributed by atoms with E-state index in [-0.39, 0.29) is 0 Å². The van der Waals surface area contributed by atoms with Gasteiger partial charge < -0.3 is 10.6 Å². The fourth-order valence-corrected chi connectivity index (χ4v) is 3.14. The van der Waals surface area contributed by atoms with Crippen LogP contribution in [0.4, 0.5) is 0 Å². The largest absolute Gasteiger partial charge is 0.328 e. The van der Waals surface area contributed by atoms with E-state index < -0.39 is 0 Å². The van der Waals surface area contributed by atoms with E-state index in [1.54, 1.807) is 0 Å². The van der Waals surface area contributed by atoms with Gasteiger partial charge in [0, 0.05) is 38.3 Å². The van der Waals surface area contributed by atoms with Crippen molar-refractivity contribution in [2.75, 3.05) is 32.7 Å². The van der Waals surface area contributed by atoms with Crippen LogP contribution in [0.3, 0.4) is 0 Å². The molecule has 1 aliphatic heterocycles. The van der Waals surface area contributed by atoms with Crippen LogP contribution < -0.4 is 5.73 Å². The average Bonchev–Trinajstić information content (AvgIpc) is 2.32. The fourth-order valence-electron chi connectivity index (χ4n) is 3.14. The van der Waals surface area contributed by atoms with Gasteiger partial charge in [-0.2, -0.15) is 0 Å². The highest BCUT2D eigenvalue weighted by molar-refractivity contribution is 4.84. The molecule has 0 aromatic rings. The standard InChI is InChI=1S/C13H27N3/c1-2-7-15-8-10-16(11-9-15)13-5-3-12(14)4-6-13/h12-13H,2-11,14H2,1H3. The van der Waals surface area contributed by atoms with Crippen molar-refractivity contribution in [3.05, 3.63) is 0 Å². The summed E-state index contributed by atoms with van der Waals surface area (Å²) >= 11 is 0. The first-order valence-electron chi connectivity index (χ1n) is 7.01. The van der Waals surface area contributed by atoms with Crippen molar-refractivity contribution < 1.29 is 0 Å². The van der Waals surface area contributed by atoms with E-state index in [2.05, 4.69) is 16.7 Å². The second-order valence-corrected chi connectivity index (χ2v) is 5.45. The SMILES string of the molecule is CCCN1CCN(C2CCC(N)CC2)CC1. The highest BCUT2D eigenvalue weighted by Crippen LogP contribution is 2.23. The Bertz CT molecular complexity index is 191. The van der Waals surface area contributed by atoms with Crippen molar-refractivity contribution in [3.8, 4) is 0 Å². The molecule has 1 saturated heterocycles. The predicted molar refractivity (Wildman–Crippen MR) is 68.5 cm³/mol. The molecular weight excluding hydrogens is 198 g/mol. The second kappa shape index (κ2) is 5.99. The van der Waals surface area contributed by atoms with E-state index >= 15 is 0 Å². The molecule has 16 heavy (non-hydrogen) atoms. The molecular formula is C13H27N3. The monoisotopic (exact) mass is 225 g/mol. The normalized spacial score (nSPS) is 34.1. The third-order valence-corrected chi connectivity index (χ3v) is 4.20. The molecule has 3 heteroatoms. The van der Waals surface area contributed by atoms with Gasteiger partial charge in [-0.3, -0.25) is 4.90 Å². The van der Waals surface area contributed by atoms with Crippen LogP contribution in [0, 0.1) is 0 Å². The van der Waals surface area contributed by atoms with E-state index in [4.69, 9.17) is 5.73 Å². The van der Waals surface area contributed by atoms with Crippen LogP contribution in [0.25, 0.3) is 0 Å².